The second-order valence-corrected chi connectivity index (χ2v) is 10.7. The molecular formula is C25H38N4O3. The third-order valence-corrected chi connectivity index (χ3v) is 5.78. The van der Waals surface area contributed by atoms with Crippen LogP contribution >= 0.6 is 0 Å². The van der Waals surface area contributed by atoms with Gasteiger partial charge in [-0.25, -0.2) is 4.79 Å². The van der Waals surface area contributed by atoms with E-state index >= 15 is 0 Å². The van der Waals surface area contributed by atoms with Crippen LogP contribution in [0.4, 0.5) is 4.79 Å². The number of hydrogen-bond acceptors (Lipinski definition) is 5. The van der Waals surface area contributed by atoms with Crippen molar-refractivity contribution in [2.75, 3.05) is 32.7 Å². The lowest BCUT2D eigenvalue weighted by Crippen LogP contribution is -2.50. The molecule has 1 fully saturated rings. The van der Waals surface area contributed by atoms with Crippen molar-refractivity contribution < 1.29 is 14.3 Å². The Morgan fingerprint density at radius 1 is 1.03 bits per heavy atom. The van der Waals surface area contributed by atoms with E-state index in [1.807, 2.05) is 72.0 Å². The Labute approximate surface area is 191 Å². The summed E-state index contributed by atoms with van der Waals surface area (Å²) in [5.41, 5.74) is 7.57. The number of para-hydroxylation sites is 1. The van der Waals surface area contributed by atoms with Crippen molar-refractivity contribution in [2.24, 2.45) is 11.1 Å². The second-order valence-electron chi connectivity index (χ2n) is 10.7. The fraction of sp³-hybridized carbons (Fsp3) is 0.600. The third kappa shape index (κ3) is 5.70. The highest BCUT2D eigenvalue weighted by Gasteiger charge is 2.28. The highest BCUT2D eigenvalue weighted by molar-refractivity contribution is 5.96. The minimum Gasteiger partial charge on any atom is -0.444 e. The van der Waals surface area contributed by atoms with E-state index in [9.17, 15) is 9.59 Å². The molecule has 1 aliphatic heterocycles. The van der Waals surface area contributed by atoms with Crippen LogP contribution in [0.2, 0.25) is 0 Å². The van der Waals surface area contributed by atoms with Gasteiger partial charge in [-0.2, -0.15) is 0 Å². The fourth-order valence-corrected chi connectivity index (χ4v) is 3.99. The predicted octanol–water partition coefficient (Wildman–Crippen LogP) is 4.27. The average molecular weight is 443 g/mol. The normalized spacial score (nSPS) is 16.9. The second kappa shape index (κ2) is 9.24. The van der Waals surface area contributed by atoms with Gasteiger partial charge in [0, 0.05) is 55.8 Å². The predicted molar refractivity (Wildman–Crippen MR) is 128 cm³/mol. The van der Waals surface area contributed by atoms with Gasteiger partial charge < -0.3 is 15.4 Å². The standard InChI is InChI=1S/C25H38N4O3/c1-24(2,3)22(30)29-17-19(18-9-7-8-10-21(18)29)20(26)11-12-27-13-15-28(16-14-27)23(31)32-25(4,5)6/h7-10,17,20H,11-16,26H2,1-6H3. The van der Waals surface area contributed by atoms with E-state index < -0.39 is 11.0 Å². The van der Waals surface area contributed by atoms with E-state index in [4.69, 9.17) is 10.5 Å². The number of nitrogens with two attached hydrogens (primary N) is 1. The Kier molecular flexibility index (Phi) is 7.00. The lowest BCUT2D eigenvalue weighted by molar-refractivity contribution is 0.0143. The zero-order valence-corrected chi connectivity index (χ0v) is 20.4. The summed E-state index contributed by atoms with van der Waals surface area (Å²) in [5, 5.41) is 1.03. The summed E-state index contributed by atoms with van der Waals surface area (Å²) < 4.78 is 7.23. The molecule has 1 aromatic heterocycles. The number of hydrogen-bond donors (Lipinski definition) is 1. The lowest BCUT2D eigenvalue weighted by atomic mass is 9.95. The molecule has 0 aliphatic carbocycles. The van der Waals surface area contributed by atoms with Gasteiger partial charge in [-0.1, -0.05) is 39.0 Å². The minimum atomic E-state index is -0.478. The van der Waals surface area contributed by atoms with Gasteiger partial charge >= 0.3 is 6.09 Å². The van der Waals surface area contributed by atoms with Crippen molar-refractivity contribution in [1.29, 1.82) is 0 Å². The van der Waals surface area contributed by atoms with E-state index in [0.717, 1.165) is 42.5 Å². The van der Waals surface area contributed by atoms with Crippen molar-refractivity contribution in [2.45, 2.75) is 59.6 Å². The van der Waals surface area contributed by atoms with Gasteiger partial charge in [0.25, 0.3) is 0 Å². The van der Waals surface area contributed by atoms with Crippen LogP contribution in [0.15, 0.2) is 30.5 Å². The molecule has 1 aromatic carbocycles. The van der Waals surface area contributed by atoms with E-state index in [1.54, 1.807) is 9.47 Å². The summed E-state index contributed by atoms with van der Waals surface area (Å²) in [6.45, 7) is 15.2. The molecule has 7 heteroatoms. The van der Waals surface area contributed by atoms with E-state index in [1.165, 1.54) is 0 Å². The molecule has 0 bridgehead atoms. The summed E-state index contributed by atoms with van der Waals surface area (Å²) in [5.74, 6) is 0.0606. The number of amides is 1. The van der Waals surface area contributed by atoms with Gasteiger partial charge in [0.1, 0.15) is 5.60 Å². The van der Waals surface area contributed by atoms with Crippen molar-refractivity contribution in [3.63, 3.8) is 0 Å². The highest BCUT2D eigenvalue weighted by atomic mass is 16.6. The molecular weight excluding hydrogens is 404 g/mol. The molecule has 7 nitrogen and oxygen atoms in total. The van der Waals surface area contributed by atoms with Gasteiger partial charge in [-0.05, 0) is 38.8 Å². The van der Waals surface area contributed by atoms with Crippen molar-refractivity contribution >= 4 is 22.9 Å². The number of carbonyl (C=O) groups excluding carboxylic acids is 2. The van der Waals surface area contributed by atoms with Gasteiger partial charge in [-0.3, -0.25) is 14.3 Å². The number of piperazine rings is 1. The first-order valence-electron chi connectivity index (χ1n) is 11.5. The fourth-order valence-electron chi connectivity index (χ4n) is 3.99. The summed E-state index contributed by atoms with van der Waals surface area (Å²) in [4.78, 5) is 29.3. The number of aromatic nitrogens is 1. The number of benzene rings is 1. The molecule has 3 rings (SSSR count). The van der Waals surface area contributed by atoms with Gasteiger partial charge in [-0.15, -0.1) is 0 Å². The van der Waals surface area contributed by atoms with Crippen LogP contribution in [-0.2, 0) is 4.74 Å². The number of fused-ring (bicyclic) bond motifs is 1. The Morgan fingerprint density at radius 3 is 2.25 bits per heavy atom. The van der Waals surface area contributed by atoms with Crippen molar-refractivity contribution in [1.82, 2.24) is 14.4 Å². The van der Waals surface area contributed by atoms with Crippen LogP contribution in [0.5, 0.6) is 0 Å². The van der Waals surface area contributed by atoms with Crippen LogP contribution in [0.25, 0.3) is 10.9 Å². The first kappa shape index (κ1) is 24.3. The molecule has 0 spiro atoms. The molecule has 0 saturated carbocycles. The van der Waals surface area contributed by atoms with E-state index in [-0.39, 0.29) is 18.0 Å². The van der Waals surface area contributed by atoms with Crippen LogP contribution in [-0.4, -0.2) is 64.7 Å². The smallest absolute Gasteiger partial charge is 0.410 e. The largest absolute Gasteiger partial charge is 0.444 e. The molecule has 1 saturated heterocycles. The molecule has 32 heavy (non-hydrogen) atoms. The molecule has 0 radical (unpaired) electrons. The maximum absolute atomic E-state index is 13.0. The van der Waals surface area contributed by atoms with E-state index in [0.29, 0.717) is 13.1 Å². The van der Waals surface area contributed by atoms with Gasteiger partial charge in [0.2, 0.25) is 5.91 Å². The lowest BCUT2D eigenvalue weighted by Gasteiger charge is -2.35. The molecule has 1 atom stereocenters. The van der Waals surface area contributed by atoms with Crippen molar-refractivity contribution in [3.05, 3.63) is 36.0 Å². The summed E-state index contributed by atoms with van der Waals surface area (Å²) in [6, 6.07) is 7.79. The van der Waals surface area contributed by atoms with E-state index in [2.05, 4.69) is 4.90 Å². The molecule has 2 N–H and O–H groups in total. The minimum absolute atomic E-state index is 0.0606. The highest BCUT2D eigenvalue weighted by Crippen LogP contribution is 2.30. The number of nitrogens with zero attached hydrogens (tertiary/aromatic N) is 3. The number of ether oxygens (including phenoxy) is 1. The Morgan fingerprint density at radius 2 is 1.66 bits per heavy atom. The first-order chi connectivity index (χ1) is 14.9. The summed E-state index contributed by atoms with van der Waals surface area (Å²) >= 11 is 0. The molecule has 1 aliphatic rings. The van der Waals surface area contributed by atoms with Crippen LogP contribution in [0, 0.1) is 5.41 Å². The monoisotopic (exact) mass is 442 g/mol. The average Bonchev–Trinajstić information content (AvgIpc) is 3.09. The number of carbonyl (C=O) groups is 2. The molecule has 2 aromatic rings. The Balaban J connectivity index is 1.62. The summed E-state index contributed by atoms with van der Waals surface area (Å²) in [7, 11) is 0. The maximum Gasteiger partial charge on any atom is 0.410 e. The quantitative estimate of drug-likeness (QED) is 0.765. The van der Waals surface area contributed by atoms with Gasteiger partial charge in [0.05, 0.1) is 5.52 Å². The summed E-state index contributed by atoms with van der Waals surface area (Å²) in [6.07, 6.45) is 2.46. The molecule has 2 heterocycles. The molecule has 176 valence electrons. The SMILES string of the molecule is CC(C)(C)OC(=O)N1CCN(CCC(N)c2cn(C(=O)C(C)(C)C)c3ccccc23)CC1. The molecule has 1 unspecified atom stereocenters. The molecule has 1 amide bonds. The zero-order valence-electron chi connectivity index (χ0n) is 20.4. The van der Waals surface area contributed by atoms with Crippen LogP contribution < -0.4 is 5.73 Å². The number of rotatable bonds is 4. The van der Waals surface area contributed by atoms with Crippen LogP contribution in [0.3, 0.4) is 0 Å². The topological polar surface area (TPSA) is 80.8 Å². The maximum atomic E-state index is 13.0. The Hall–Kier alpha value is -2.38. The zero-order chi connectivity index (χ0) is 23.7. The van der Waals surface area contributed by atoms with Crippen molar-refractivity contribution in [3.8, 4) is 0 Å². The first-order valence-corrected chi connectivity index (χ1v) is 11.5. The Bertz CT molecular complexity index is 960. The third-order valence-electron chi connectivity index (χ3n) is 5.78. The van der Waals surface area contributed by atoms with Crippen LogP contribution in [0.1, 0.15) is 64.4 Å². The van der Waals surface area contributed by atoms with Gasteiger partial charge in [0.15, 0.2) is 0 Å².